The van der Waals surface area contributed by atoms with Gasteiger partial charge in [-0.05, 0) is 25.1 Å². The zero-order chi connectivity index (χ0) is 12.4. The van der Waals surface area contributed by atoms with Gasteiger partial charge in [-0.3, -0.25) is 0 Å². The summed E-state index contributed by atoms with van der Waals surface area (Å²) in [6.07, 6.45) is 0.982. The number of methoxy groups -OCH3 is 3. The van der Waals surface area contributed by atoms with Crippen LogP contribution >= 0.6 is 0 Å². The minimum atomic E-state index is 0.693. The number of nitrogens with zero attached hydrogens (tertiary/aromatic N) is 1. The van der Waals surface area contributed by atoms with Crippen LogP contribution in [0.5, 0.6) is 17.2 Å². The molecule has 94 valence electrons. The Labute approximate surface area is 102 Å². The lowest BCUT2D eigenvalue weighted by Gasteiger charge is -2.28. The lowest BCUT2D eigenvalue weighted by atomic mass is 9.98. The fourth-order valence-corrected chi connectivity index (χ4v) is 2.35. The molecule has 1 heterocycles. The van der Waals surface area contributed by atoms with E-state index in [1.54, 1.807) is 21.3 Å². The summed E-state index contributed by atoms with van der Waals surface area (Å²) in [5, 5.41) is 0. The summed E-state index contributed by atoms with van der Waals surface area (Å²) < 4.78 is 16.2. The second kappa shape index (κ2) is 4.84. The van der Waals surface area contributed by atoms with Gasteiger partial charge in [0.1, 0.15) is 0 Å². The summed E-state index contributed by atoms with van der Waals surface area (Å²) in [7, 11) is 7.08. The van der Waals surface area contributed by atoms with Gasteiger partial charge in [0.15, 0.2) is 11.5 Å². The first-order valence-electron chi connectivity index (χ1n) is 5.70. The summed E-state index contributed by atoms with van der Waals surface area (Å²) in [4.78, 5) is 2.29. The molecule has 4 heteroatoms. The maximum Gasteiger partial charge on any atom is 0.203 e. The molecule has 0 saturated heterocycles. The normalized spacial score (nSPS) is 15.3. The highest BCUT2D eigenvalue weighted by Crippen LogP contribution is 2.43. The van der Waals surface area contributed by atoms with Crippen molar-refractivity contribution in [3.63, 3.8) is 0 Å². The summed E-state index contributed by atoms with van der Waals surface area (Å²) in [6.45, 7) is 1.96. The molecular weight excluding hydrogens is 218 g/mol. The van der Waals surface area contributed by atoms with Crippen molar-refractivity contribution in [2.24, 2.45) is 0 Å². The second-order valence-electron chi connectivity index (χ2n) is 4.27. The van der Waals surface area contributed by atoms with Crippen LogP contribution in [0.2, 0.25) is 0 Å². The Bertz CT molecular complexity index is 418. The maximum atomic E-state index is 5.49. The van der Waals surface area contributed by atoms with Crippen LogP contribution in [0.15, 0.2) is 6.07 Å². The standard InChI is InChI=1S/C13H19NO3/c1-14-6-5-10-9(8-14)7-11(15-2)13(17-4)12(10)16-3/h7H,5-6,8H2,1-4H3. The number of rotatable bonds is 3. The van der Waals surface area contributed by atoms with E-state index in [-0.39, 0.29) is 0 Å². The first-order valence-corrected chi connectivity index (χ1v) is 5.70. The molecule has 0 unspecified atom stereocenters. The highest BCUT2D eigenvalue weighted by atomic mass is 16.5. The van der Waals surface area contributed by atoms with Crippen molar-refractivity contribution in [2.75, 3.05) is 34.9 Å². The van der Waals surface area contributed by atoms with E-state index in [1.807, 2.05) is 6.07 Å². The van der Waals surface area contributed by atoms with Crippen molar-refractivity contribution in [1.82, 2.24) is 4.90 Å². The Morgan fingerprint density at radius 3 is 2.35 bits per heavy atom. The number of hydrogen-bond donors (Lipinski definition) is 0. The van der Waals surface area contributed by atoms with Crippen molar-refractivity contribution in [3.05, 3.63) is 17.2 Å². The monoisotopic (exact) mass is 237 g/mol. The van der Waals surface area contributed by atoms with Crippen LogP contribution in [0.1, 0.15) is 11.1 Å². The third-order valence-corrected chi connectivity index (χ3v) is 3.21. The van der Waals surface area contributed by atoms with Gasteiger partial charge in [0.05, 0.1) is 21.3 Å². The van der Waals surface area contributed by atoms with Crippen LogP contribution in [0.25, 0.3) is 0 Å². The van der Waals surface area contributed by atoms with E-state index in [4.69, 9.17) is 14.2 Å². The van der Waals surface area contributed by atoms with E-state index in [0.717, 1.165) is 31.0 Å². The van der Waals surface area contributed by atoms with Crippen LogP contribution in [0, 0.1) is 0 Å². The molecule has 1 aliphatic rings. The predicted octanol–water partition coefficient (Wildman–Crippen LogP) is 1.70. The zero-order valence-electron chi connectivity index (χ0n) is 10.9. The highest BCUT2D eigenvalue weighted by Gasteiger charge is 2.23. The van der Waals surface area contributed by atoms with Crippen molar-refractivity contribution >= 4 is 0 Å². The summed E-state index contributed by atoms with van der Waals surface area (Å²) in [5.74, 6) is 2.24. The number of fused-ring (bicyclic) bond motifs is 1. The van der Waals surface area contributed by atoms with Crippen LogP contribution < -0.4 is 14.2 Å². The largest absolute Gasteiger partial charge is 0.493 e. The zero-order valence-corrected chi connectivity index (χ0v) is 10.9. The molecule has 0 spiro atoms. The van der Waals surface area contributed by atoms with Crippen LogP contribution in [0.3, 0.4) is 0 Å². The third-order valence-electron chi connectivity index (χ3n) is 3.21. The molecule has 0 aliphatic carbocycles. The Morgan fingerprint density at radius 1 is 1.06 bits per heavy atom. The SMILES string of the molecule is COc1cc2c(c(OC)c1OC)CCN(C)C2. The molecule has 4 nitrogen and oxygen atoms in total. The number of benzene rings is 1. The Balaban J connectivity index is 2.57. The predicted molar refractivity (Wildman–Crippen MR) is 66.1 cm³/mol. The van der Waals surface area contributed by atoms with Crippen molar-refractivity contribution in [1.29, 1.82) is 0 Å². The van der Waals surface area contributed by atoms with Crippen LogP contribution in [-0.4, -0.2) is 39.8 Å². The molecule has 0 amide bonds. The van der Waals surface area contributed by atoms with Crippen molar-refractivity contribution in [2.45, 2.75) is 13.0 Å². The molecular formula is C13H19NO3. The molecule has 0 bridgehead atoms. The van der Waals surface area contributed by atoms with Gasteiger partial charge in [0.25, 0.3) is 0 Å². The topological polar surface area (TPSA) is 30.9 Å². The van der Waals surface area contributed by atoms with Gasteiger partial charge in [-0.25, -0.2) is 0 Å². The third kappa shape index (κ3) is 2.05. The fourth-order valence-electron chi connectivity index (χ4n) is 2.35. The van der Waals surface area contributed by atoms with E-state index in [9.17, 15) is 0 Å². The average Bonchev–Trinajstić information content (AvgIpc) is 2.35. The van der Waals surface area contributed by atoms with Crippen LogP contribution in [-0.2, 0) is 13.0 Å². The van der Waals surface area contributed by atoms with Crippen molar-refractivity contribution in [3.8, 4) is 17.2 Å². The molecule has 0 fully saturated rings. The highest BCUT2D eigenvalue weighted by molar-refractivity contribution is 5.59. The summed E-state index contributed by atoms with van der Waals surface area (Å²) >= 11 is 0. The van der Waals surface area contributed by atoms with E-state index >= 15 is 0 Å². The van der Waals surface area contributed by atoms with Gasteiger partial charge in [-0.15, -0.1) is 0 Å². The van der Waals surface area contributed by atoms with Crippen LogP contribution in [0.4, 0.5) is 0 Å². The first-order chi connectivity index (χ1) is 8.21. The van der Waals surface area contributed by atoms with E-state index in [2.05, 4.69) is 11.9 Å². The molecule has 0 saturated carbocycles. The molecule has 1 aliphatic heterocycles. The van der Waals surface area contributed by atoms with E-state index in [1.165, 1.54) is 11.1 Å². The molecule has 1 aromatic rings. The van der Waals surface area contributed by atoms with Gasteiger partial charge in [0.2, 0.25) is 5.75 Å². The van der Waals surface area contributed by atoms with E-state index < -0.39 is 0 Å². The molecule has 1 aromatic carbocycles. The molecule has 0 aromatic heterocycles. The number of likely N-dealkylation sites (N-methyl/N-ethyl adjacent to an activating group) is 1. The lowest BCUT2D eigenvalue weighted by Crippen LogP contribution is -2.27. The van der Waals surface area contributed by atoms with Gasteiger partial charge in [-0.1, -0.05) is 0 Å². The lowest BCUT2D eigenvalue weighted by molar-refractivity contribution is 0.291. The average molecular weight is 237 g/mol. The number of hydrogen-bond acceptors (Lipinski definition) is 4. The van der Waals surface area contributed by atoms with Gasteiger partial charge >= 0.3 is 0 Å². The smallest absolute Gasteiger partial charge is 0.203 e. The Morgan fingerprint density at radius 2 is 1.76 bits per heavy atom. The minimum Gasteiger partial charge on any atom is -0.493 e. The molecule has 0 N–H and O–H groups in total. The summed E-state index contributed by atoms with van der Waals surface area (Å²) in [6, 6.07) is 2.05. The summed E-state index contributed by atoms with van der Waals surface area (Å²) in [5.41, 5.74) is 2.50. The maximum absolute atomic E-state index is 5.49. The molecule has 2 rings (SSSR count). The molecule has 17 heavy (non-hydrogen) atoms. The van der Waals surface area contributed by atoms with Gasteiger partial charge in [0, 0.05) is 18.7 Å². The Hall–Kier alpha value is -1.42. The van der Waals surface area contributed by atoms with E-state index in [0.29, 0.717) is 5.75 Å². The Kier molecular flexibility index (Phi) is 3.43. The van der Waals surface area contributed by atoms with Gasteiger partial charge in [-0.2, -0.15) is 0 Å². The quantitative estimate of drug-likeness (QED) is 0.800. The molecule has 0 atom stereocenters. The number of ether oxygens (including phenoxy) is 3. The minimum absolute atomic E-state index is 0.693. The first kappa shape index (κ1) is 12.0. The van der Waals surface area contributed by atoms with Gasteiger partial charge < -0.3 is 19.1 Å². The van der Waals surface area contributed by atoms with Crippen molar-refractivity contribution < 1.29 is 14.2 Å². The molecule has 0 radical (unpaired) electrons. The fraction of sp³-hybridized carbons (Fsp3) is 0.538. The second-order valence-corrected chi connectivity index (χ2v) is 4.27.